The van der Waals surface area contributed by atoms with Gasteiger partial charge in [-0.3, -0.25) is 0 Å². The standard InChI is InChI=1S/C20H31N/c1-13-9-14(2)17(15(3)10-13)12-21-18-11-16-7-8-20(18,6)19(16,4)5/h9-10,16,18,21H,7-8,11-12H2,1-6H3. The summed E-state index contributed by atoms with van der Waals surface area (Å²) in [5.41, 5.74) is 6.73. The second-order valence-corrected chi connectivity index (χ2v) is 8.42. The summed E-state index contributed by atoms with van der Waals surface area (Å²) in [5.74, 6) is 0.917. The molecule has 1 N–H and O–H groups in total. The highest BCUT2D eigenvalue weighted by atomic mass is 15.0. The zero-order valence-corrected chi connectivity index (χ0v) is 14.6. The van der Waals surface area contributed by atoms with Crippen molar-refractivity contribution in [3.63, 3.8) is 0 Å². The van der Waals surface area contributed by atoms with E-state index >= 15 is 0 Å². The smallest absolute Gasteiger partial charge is 0.0213 e. The molecule has 1 nitrogen and oxygen atoms in total. The van der Waals surface area contributed by atoms with Gasteiger partial charge in [0.05, 0.1) is 0 Å². The normalized spacial score (nSPS) is 33.6. The van der Waals surface area contributed by atoms with Crippen molar-refractivity contribution >= 4 is 0 Å². The van der Waals surface area contributed by atoms with Crippen LogP contribution < -0.4 is 5.32 Å². The third kappa shape index (κ3) is 2.16. The molecule has 0 radical (unpaired) electrons. The number of rotatable bonds is 3. The van der Waals surface area contributed by atoms with Gasteiger partial charge in [0.1, 0.15) is 0 Å². The predicted octanol–water partition coefficient (Wildman–Crippen LogP) is 4.92. The molecule has 2 saturated carbocycles. The third-order valence-corrected chi connectivity index (χ3v) is 7.16. The molecule has 2 aliphatic rings. The number of aryl methyl sites for hydroxylation is 3. The van der Waals surface area contributed by atoms with Crippen LogP contribution in [0.4, 0.5) is 0 Å². The van der Waals surface area contributed by atoms with E-state index < -0.39 is 0 Å². The summed E-state index contributed by atoms with van der Waals surface area (Å²) < 4.78 is 0. The molecule has 1 heteroatoms. The van der Waals surface area contributed by atoms with Crippen LogP contribution in [0.25, 0.3) is 0 Å². The fraction of sp³-hybridized carbons (Fsp3) is 0.700. The second kappa shape index (κ2) is 4.84. The Morgan fingerprint density at radius 2 is 1.71 bits per heavy atom. The van der Waals surface area contributed by atoms with Gasteiger partial charge in [0, 0.05) is 12.6 Å². The molecule has 3 unspecified atom stereocenters. The van der Waals surface area contributed by atoms with Crippen molar-refractivity contribution in [2.24, 2.45) is 16.7 Å². The summed E-state index contributed by atoms with van der Waals surface area (Å²) in [5, 5.41) is 3.93. The van der Waals surface area contributed by atoms with Gasteiger partial charge in [0.2, 0.25) is 0 Å². The van der Waals surface area contributed by atoms with E-state index in [2.05, 4.69) is 59.0 Å². The van der Waals surface area contributed by atoms with Crippen LogP contribution in [0.5, 0.6) is 0 Å². The summed E-state index contributed by atoms with van der Waals surface area (Å²) >= 11 is 0. The Hall–Kier alpha value is -0.820. The van der Waals surface area contributed by atoms with Crippen LogP contribution in [0, 0.1) is 37.5 Å². The lowest BCUT2D eigenvalue weighted by atomic mass is 9.69. The van der Waals surface area contributed by atoms with Gasteiger partial charge in [0.25, 0.3) is 0 Å². The molecule has 0 amide bonds. The van der Waals surface area contributed by atoms with Gasteiger partial charge in [-0.15, -0.1) is 0 Å². The predicted molar refractivity (Wildman–Crippen MR) is 90.5 cm³/mol. The minimum Gasteiger partial charge on any atom is -0.309 e. The highest BCUT2D eigenvalue weighted by Gasteiger charge is 2.60. The molecule has 0 aliphatic heterocycles. The molecule has 2 bridgehead atoms. The highest BCUT2D eigenvalue weighted by molar-refractivity contribution is 5.37. The Kier molecular flexibility index (Phi) is 3.48. The monoisotopic (exact) mass is 285 g/mol. The third-order valence-electron chi connectivity index (χ3n) is 7.16. The molecule has 21 heavy (non-hydrogen) atoms. The minimum absolute atomic E-state index is 0.476. The lowest BCUT2D eigenvalue weighted by Gasteiger charge is -2.39. The first-order valence-electron chi connectivity index (χ1n) is 8.56. The van der Waals surface area contributed by atoms with Crippen LogP contribution in [0.3, 0.4) is 0 Å². The maximum Gasteiger partial charge on any atom is 0.0213 e. The first-order valence-corrected chi connectivity index (χ1v) is 8.56. The fourth-order valence-corrected chi connectivity index (χ4v) is 5.23. The quantitative estimate of drug-likeness (QED) is 0.831. The molecule has 0 aromatic heterocycles. The van der Waals surface area contributed by atoms with Crippen molar-refractivity contribution in [1.29, 1.82) is 0 Å². The van der Waals surface area contributed by atoms with Crippen LogP contribution in [0.15, 0.2) is 12.1 Å². The minimum atomic E-state index is 0.476. The molecular weight excluding hydrogens is 254 g/mol. The Morgan fingerprint density at radius 3 is 2.19 bits per heavy atom. The molecule has 0 spiro atoms. The van der Waals surface area contributed by atoms with E-state index in [4.69, 9.17) is 0 Å². The number of benzene rings is 1. The van der Waals surface area contributed by atoms with Gasteiger partial charge < -0.3 is 5.32 Å². The van der Waals surface area contributed by atoms with Gasteiger partial charge >= 0.3 is 0 Å². The van der Waals surface area contributed by atoms with E-state index in [1.807, 2.05) is 0 Å². The number of nitrogens with one attached hydrogen (secondary N) is 1. The van der Waals surface area contributed by atoms with Crippen molar-refractivity contribution < 1.29 is 0 Å². The first-order chi connectivity index (χ1) is 9.75. The Balaban J connectivity index is 1.76. The molecule has 116 valence electrons. The van der Waals surface area contributed by atoms with Crippen molar-refractivity contribution in [3.05, 3.63) is 34.4 Å². The largest absolute Gasteiger partial charge is 0.309 e. The lowest BCUT2D eigenvalue weighted by Crippen LogP contribution is -2.44. The fourth-order valence-electron chi connectivity index (χ4n) is 5.23. The summed E-state index contributed by atoms with van der Waals surface area (Å²) in [4.78, 5) is 0. The lowest BCUT2D eigenvalue weighted by molar-refractivity contribution is 0.120. The van der Waals surface area contributed by atoms with Crippen molar-refractivity contribution in [2.75, 3.05) is 0 Å². The van der Waals surface area contributed by atoms with Crippen LogP contribution in [0.1, 0.15) is 62.3 Å². The van der Waals surface area contributed by atoms with E-state index in [-0.39, 0.29) is 0 Å². The number of hydrogen-bond donors (Lipinski definition) is 1. The molecule has 0 saturated heterocycles. The average molecular weight is 285 g/mol. The number of fused-ring (bicyclic) bond motifs is 2. The molecule has 1 aromatic rings. The summed E-state index contributed by atoms with van der Waals surface area (Å²) in [6.07, 6.45) is 4.20. The van der Waals surface area contributed by atoms with Gasteiger partial charge in [-0.1, -0.05) is 38.5 Å². The van der Waals surface area contributed by atoms with Gasteiger partial charge in [0.15, 0.2) is 0 Å². The maximum absolute atomic E-state index is 3.93. The second-order valence-electron chi connectivity index (χ2n) is 8.42. The number of hydrogen-bond acceptors (Lipinski definition) is 1. The van der Waals surface area contributed by atoms with E-state index in [9.17, 15) is 0 Å². The molecule has 1 aromatic carbocycles. The Bertz CT molecular complexity index is 534. The van der Waals surface area contributed by atoms with Crippen LogP contribution >= 0.6 is 0 Å². The van der Waals surface area contributed by atoms with Crippen LogP contribution in [-0.4, -0.2) is 6.04 Å². The SMILES string of the molecule is Cc1cc(C)c(CNC2CC3CCC2(C)C3(C)C)c(C)c1. The molecule has 2 fully saturated rings. The highest BCUT2D eigenvalue weighted by Crippen LogP contribution is 2.65. The zero-order valence-electron chi connectivity index (χ0n) is 14.6. The van der Waals surface area contributed by atoms with E-state index in [0.29, 0.717) is 16.9 Å². The van der Waals surface area contributed by atoms with E-state index in [1.54, 1.807) is 0 Å². The van der Waals surface area contributed by atoms with Crippen LogP contribution in [0.2, 0.25) is 0 Å². The zero-order chi connectivity index (χ0) is 15.4. The molecule has 2 aliphatic carbocycles. The Labute approximate surface area is 130 Å². The van der Waals surface area contributed by atoms with Gasteiger partial charge in [-0.25, -0.2) is 0 Å². The molecular formula is C20H31N. The van der Waals surface area contributed by atoms with Crippen molar-refractivity contribution in [3.8, 4) is 0 Å². The van der Waals surface area contributed by atoms with Crippen LogP contribution in [-0.2, 0) is 6.54 Å². The maximum atomic E-state index is 3.93. The average Bonchev–Trinajstić information content (AvgIpc) is 2.70. The first kappa shape index (κ1) is 15.1. The molecule has 3 atom stereocenters. The van der Waals surface area contributed by atoms with Gasteiger partial charge in [-0.2, -0.15) is 0 Å². The van der Waals surface area contributed by atoms with Gasteiger partial charge in [-0.05, 0) is 73.5 Å². The Morgan fingerprint density at radius 1 is 1.10 bits per heavy atom. The van der Waals surface area contributed by atoms with Crippen molar-refractivity contribution in [2.45, 2.75) is 73.4 Å². The van der Waals surface area contributed by atoms with Crippen molar-refractivity contribution in [1.82, 2.24) is 5.32 Å². The summed E-state index contributed by atoms with van der Waals surface area (Å²) in [6.45, 7) is 15.2. The topological polar surface area (TPSA) is 12.0 Å². The molecule has 0 heterocycles. The van der Waals surface area contributed by atoms with E-state index in [1.165, 1.54) is 41.5 Å². The van der Waals surface area contributed by atoms with E-state index in [0.717, 1.165) is 12.5 Å². The molecule has 3 rings (SSSR count). The summed E-state index contributed by atoms with van der Waals surface area (Å²) in [6, 6.07) is 5.32. The summed E-state index contributed by atoms with van der Waals surface area (Å²) in [7, 11) is 0.